The monoisotopic (exact) mass is 289 g/mol. The van der Waals surface area contributed by atoms with Crippen molar-refractivity contribution in [3.8, 4) is 0 Å². The Kier molecular flexibility index (Phi) is 4.98. The first-order valence-electron chi connectivity index (χ1n) is 6.72. The molecule has 1 aromatic carbocycles. The number of aryl methyl sites for hydroxylation is 1. The van der Waals surface area contributed by atoms with Gasteiger partial charge in [0.15, 0.2) is 5.16 Å². The van der Waals surface area contributed by atoms with Gasteiger partial charge < -0.3 is 10.7 Å². The molecule has 0 fully saturated rings. The number of nitrogens with zero attached hydrogens (tertiary/aromatic N) is 1. The maximum atomic E-state index is 11.6. The molecule has 3 N–H and O–H groups in total. The topological polar surface area (TPSA) is 71.8 Å². The Bertz CT molecular complexity index is 620. The predicted octanol–water partition coefficient (Wildman–Crippen LogP) is 2.89. The zero-order valence-electron chi connectivity index (χ0n) is 11.7. The van der Waals surface area contributed by atoms with Crippen LogP contribution in [0, 0.1) is 0 Å². The van der Waals surface area contributed by atoms with Crippen LogP contribution < -0.4 is 11.3 Å². The van der Waals surface area contributed by atoms with E-state index in [1.54, 1.807) is 6.07 Å². The molecule has 0 unspecified atom stereocenters. The first kappa shape index (κ1) is 14.8. The minimum atomic E-state index is -0.0989. The van der Waals surface area contributed by atoms with Crippen LogP contribution in [0.1, 0.15) is 37.6 Å². The molecule has 1 heterocycles. The molecule has 2 aromatic rings. The van der Waals surface area contributed by atoms with E-state index in [1.165, 1.54) is 11.8 Å². The molecule has 2 rings (SSSR count). The van der Waals surface area contributed by atoms with Crippen LogP contribution in [0.4, 0.5) is 0 Å². The predicted molar refractivity (Wildman–Crippen MR) is 82.0 cm³/mol. The lowest BCUT2D eigenvalue weighted by Crippen LogP contribution is -2.09. The number of hydrogen-bond acceptors (Lipinski definition) is 4. The largest absolute Gasteiger partial charge is 0.324 e. The molecule has 0 saturated carbocycles. The summed E-state index contributed by atoms with van der Waals surface area (Å²) in [5.74, 6) is 0. The highest BCUT2D eigenvalue weighted by molar-refractivity contribution is 7.99. The van der Waals surface area contributed by atoms with Gasteiger partial charge >= 0.3 is 0 Å². The molecule has 0 amide bonds. The number of hydrogen-bond donors (Lipinski definition) is 2. The number of H-pyrrole nitrogens is 1. The number of aromatic amines is 1. The first-order chi connectivity index (χ1) is 9.58. The lowest BCUT2D eigenvalue weighted by molar-refractivity contribution is 0.813. The van der Waals surface area contributed by atoms with Crippen molar-refractivity contribution in [3.63, 3.8) is 0 Å². The highest BCUT2D eigenvalue weighted by atomic mass is 32.2. The normalized spacial score (nSPS) is 12.3. The lowest BCUT2D eigenvalue weighted by Gasteiger charge is -2.07. The van der Waals surface area contributed by atoms with Gasteiger partial charge in [-0.15, -0.1) is 0 Å². The van der Waals surface area contributed by atoms with E-state index in [2.05, 4.69) is 16.9 Å². The Hall–Kier alpha value is -1.59. The van der Waals surface area contributed by atoms with Crippen LogP contribution in [0.2, 0.25) is 0 Å². The van der Waals surface area contributed by atoms with E-state index < -0.39 is 0 Å². The fourth-order valence-electron chi connectivity index (χ4n) is 1.87. The fraction of sp³-hybridized carbons (Fsp3) is 0.333. The van der Waals surface area contributed by atoms with Gasteiger partial charge in [0.2, 0.25) is 0 Å². The SMILES string of the molecule is CCCc1cc(=O)[nH]c(Sc2ccc([C@@H](C)N)cc2)n1. The third-order valence-electron chi connectivity index (χ3n) is 2.90. The standard InChI is InChI=1S/C15H19N3OS/c1-3-4-12-9-14(19)18-15(17-12)20-13-7-5-11(6-8-13)10(2)16/h5-10H,3-4,16H2,1-2H3,(H,17,18,19)/t10-/m1/s1. The lowest BCUT2D eigenvalue weighted by atomic mass is 10.1. The molecule has 0 bridgehead atoms. The highest BCUT2D eigenvalue weighted by Crippen LogP contribution is 2.25. The summed E-state index contributed by atoms with van der Waals surface area (Å²) in [6.07, 6.45) is 1.80. The van der Waals surface area contributed by atoms with Crippen LogP contribution in [0.5, 0.6) is 0 Å². The maximum absolute atomic E-state index is 11.6. The van der Waals surface area contributed by atoms with E-state index >= 15 is 0 Å². The minimum absolute atomic E-state index is 0.0277. The van der Waals surface area contributed by atoms with E-state index in [-0.39, 0.29) is 11.6 Å². The average molecular weight is 289 g/mol. The molecule has 0 aliphatic heterocycles. The van der Waals surface area contributed by atoms with Crippen LogP contribution in [-0.4, -0.2) is 9.97 Å². The molecule has 0 saturated heterocycles. The van der Waals surface area contributed by atoms with Crippen molar-refractivity contribution in [1.29, 1.82) is 0 Å². The van der Waals surface area contributed by atoms with Crippen molar-refractivity contribution in [2.24, 2.45) is 5.73 Å². The zero-order chi connectivity index (χ0) is 14.5. The smallest absolute Gasteiger partial charge is 0.251 e. The second-order valence-corrected chi connectivity index (χ2v) is 5.81. The van der Waals surface area contributed by atoms with E-state index in [9.17, 15) is 4.79 Å². The molecule has 4 nitrogen and oxygen atoms in total. The van der Waals surface area contributed by atoms with Gasteiger partial charge in [0.1, 0.15) is 0 Å². The van der Waals surface area contributed by atoms with Crippen molar-refractivity contribution in [3.05, 3.63) is 51.9 Å². The maximum Gasteiger partial charge on any atom is 0.251 e. The molecule has 1 aromatic heterocycles. The van der Waals surface area contributed by atoms with Gasteiger partial charge in [-0.3, -0.25) is 4.79 Å². The molecule has 0 aliphatic rings. The molecular weight excluding hydrogens is 270 g/mol. The van der Waals surface area contributed by atoms with Gasteiger partial charge in [0.05, 0.1) is 0 Å². The van der Waals surface area contributed by atoms with E-state index in [0.717, 1.165) is 29.0 Å². The van der Waals surface area contributed by atoms with Gasteiger partial charge in [-0.2, -0.15) is 0 Å². The van der Waals surface area contributed by atoms with Crippen molar-refractivity contribution in [2.45, 2.75) is 42.8 Å². The minimum Gasteiger partial charge on any atom is -0.324 e. The van der Waals surface area contributed by atoms with Crippen LogP contribution in [0.25, 0.3) is 0 Å². The van der Waals surface area contributed by atoms with Crippen LogP contribution in [0.3, 0.4) is 0 Å². The second kappa shape index (κ2) is 6.72. The molecule has 0 spiro atoms. The Labute approximate surface area is 122 Å². The number of aromatic nitrogens is 2. The molecule has 106 valence electrons. The number of rotatable bonds is 5. The van der Waals surface area contributed by atoms with Crippen molar-refractivity contribution in [2.75, 3.05) is 0 Å². The average Bonchev–Trinajstić information content (AvgIpc) is 2.39. The third-order valence-corrected chi connectivity index (χ3v) is 3.79. The summed E-state index contributed by atoms with van der Waals surface area (Å²) in [4.78, 5) is 19.9. The van der Waals surface area contributed by atoms with E-state index in [1.807, 2.05) is 31.2 Å². The van der Waals surface area contributed by atoms with Gasteiger partial charge in [0, 0.05) is 22.7 Å². The molecular formula is C15H19N3OS. The Morgan fingerprint density at radius 2 is 2.05 bits per heavy atom. The number of nitrogens with two attached hydrogens (primary N) is 1. The highest BCUT2D eigenvalue weighted by Gasteiger charge is 2.04. The van der Waals surface area contributed by atoms with Crippen LogP contribution in [-0.2, 0) is 6.42 Å². The van der Waals surface area contributed by atoms with E-state index in [4.69, 9.17) is 5.73 Å². The van der Waals surface area contributed by atoms with Crippen LogP contribution >= 0.6 is 11.8 Å². The fourth-order valence-corrected chi connectivity index (χ4v) is 2.68. The summed E-state index contributed by atoms with van der Waals surface area (Å²) in [7, 11) is 0. The number of nitrogens with one attached hydrogen (secondary N) is 1. The molecule has 1 atom stereocenters. The summed E-state index contributed by atoms with van der Waals surface area (Å²) in [5, 5.41) is 0.634. The summed E-state index contributed by atoms with van der Waals surface area (Å²) in [5.41, 5.74) is 7.66. The molecule has 5 heteroatoms. The Balaban J connectivity index is 2.18. The van der Waals surface area contributed by atoms with Crippen molar-refractivity contribution in [1.82, 2.24) is 9.97 Å². The summed E-state index contributed by atoms with van der Waals surface area (Å²) in [6, 6.07) is 9.58. The van der Waals surface area contributed by atoms with Crippen LogP contribution in [0.15, 0.2) is 45.2 Å². The van der Waals surface area contributed by atoms with Crippen molar-refractivity contribution >= 4 is 11.8 Å². The second-order valence-electron chi connectivity index (χ2n) is 4.75. The zero-order valence-corrected chi connectivity index (χ0v) is 12.5. The summed E-state index contributed by atoms with van der Waals surface area (Å²) < 4.78 is 0. The third kappa shape index (κ3) is 3.95. The van der Waals surface area contributed by atoms with Crippen molar-refractivity contribution < 1.29 is 0 Å². The first-order valence-corrected chi connectivity index (χ1v) is 7.53. The molecule has 20 heavy (non-hydrogen) atoms. The Morgan fingerprint density at radius 1 is 1.35 bits per heavy atom. The van der Waals surface area contributed by atoms with Gasteiger partial charge in [-0.25, -0.2) is 4.98 Å². The van der Waals surface area contributed by atoms with Gasteiger partial charge in [0.25, 0.3) is 5.56 Å². The van der Waals surface area contributed by atoms with Gasteiger partial charge in [-0.05, 0) is 31.0 Å². The van der Waals surface area contributed by atoms with Gasteiger partial charge in [-0.1, -0.05) is 37.2 Å². The Morgan fingerprint density at radius 3 is 2.65 bits per heavy atom. The summed E-state index contributed by atoms with van der Waals surface area (Å²) >= 11 is 1.45. The number of benzene rings is 1. The molecule has 0 radical (unpaired) electrons. The van der Waals surface area contributed by atoms with E-state index in [0.29, 0.717) is 5.16 Å². The molecule has 0 aliphatic carbocycles. The summed E-state index contributed by atoms with van der Waals surface area (Å²) in [6.45, 7) is 4.03. The quantitative estimate of drug-likeness (QED) is 0.830.